The molecule has 5 nitrogen and oxygen atoms in total. The number of carbonyl (C=O) groups excluding carboxylic acids is 1. The fraction of sp³-hybridized carbons (Fsp3) is 0.381. The van der Waals surface area contributed by atoms with Crippen LogP contribution in [0, 0.1) is 0 Å². The predicted molar refractivity (Wildman–Crippen MR) is 106 cm³/mol. The van der Waals surface area contributed by atoms with Gasteiger partial charge in [0.15, 0.2) is 0 Å². The first-order valence-electron chi connectivity index (χ1n) is 9.21. The Bertz CT molecular complexity index is 688. The van der Waals surface area contributed by atoms with Crippen LogP contribution < -0.4 is 15.5 Å². The maximum Gasteiger partial charge on any atom is 0.319 e. The number of benzene rings is 2. The molecule has 1 atom stereocenters. The van der Waals surface area contributed by atoms with Crippen LogP contribution in [-0.4, -0.2) is 38.9 Å². The Balaban J connectivity index is 1.45. The molecule has 0 bridgehead atoms. The molecule has 5 heteroatoms. The van der Waals surface area contributed by atoms with E-state index in [1.54, 1.807) is 7.11 Å². The third-order valence-electron chi connectivity index (χ3n) is 4.74. The van der Waals surface area contributed by atoms with Gasteiger partial charge in [-0.1, -0.05) is 30.3 Å². The van der Waals surface area contributed by atoms with Crippen LogP contribution in [-0.2, 0) is 11.2 Å². The van der Waals surface area contributed by atoms with Gasteiger partial charge in [0.25, 0.3) is 0 Å². The zero-order valence-electron chi connectivity index (χ0n) is 15.3. The van der Waals surface area contributed by atoms with E-state index < -0.39 is 0 Å². The molecule has 0 radical (unpaired) electrons. The number of nitrogens with zero attached hydrogens (tertiary/aromatic N) is 1. The quantitative estimate of drug-likeness (QED) is 0.833. The van der Waals surface area contributed by atoms with E-state index in [1.165, 1.54) is 11.3 Å². The average molecular weight is 353 g/mol. The molecular formula is C21H27N3O2. The zero-order valence-corrected chi connectivity index (χ0v) is 15.3. The van der Waals surface area contributed by atoms with Crippen LogP contribution in [0.25, 0.3) is 0 Å². The molecule has 0 aromatic heterocycles. The Morgan fingerprint density at radius 1 is 1.15 bits per heavy atom. The van der Waals surface area contributed by atoms with Gasteiger partial charge in [-0.05, 0) is 49.1 Å². The molecule has 0 saturated carbocycles. The van der Waals surface area contributed by atoms with E-state index in [0.29, 0.717) is 12.6 Å². The summed E-state index contributed by atoms with van der Waals surface area (Å²) in [6, 6.07) is 18.0. The lowest BCUT2D eigenvalue weighted by Gasteiger charge is -2.33. The molecular weight excluding hydrogens is 326 g/mol. The predicted octanol–water partition coefficient (Wildman–Crippen LogP) is 3.67. The highest BCUT2D eigenvalue weighted by molar-refractivity contribution is 5.89. The lowest BCUT2D eigenvalue weighted by Crippen LogP contribution is -2.39. The van der Waals surface area contributed by atoms with Gasteiger partial charge in [-0.2, -0.15) is 0 Å². The second-order valence-corrected chi connectivity index (χ2v) is 6.61. The molecule has 1 aliphatic heterocycles. The van der Waals surface area contributed by atoms with E-state index in [0.717, 1.165) is 38.0 Å². The molecule has 1 fully saturated rings. The maximum atomic E-state index is 12.0. The molecule has 1 saturated heterocycles. The molecule has 26 heavy (non-hydrogen) atoms. The molecule has 2 amide bonds. The van der Waals surface area contributed by atoms with Crippen LogP contribution >= 0.6 is 0 Å². The van der Waals surface area contributed by atoms with Gasteiger partial charge >= 0.3 is 6.03 Å². The molecule has 0 aliphatic carbocycles. The summed E-state index contributed by atoms with van der Waals surface area (Å²) in [6.07, 6.45) is 3.39. The summed E-state index contributed by atoms with van der Waals surface area (Å²) in [4.78, 5) is 14.4. The average Bonchev–Trinajstić information content (AvgIpc) is 2.69. The maximum absolute atomic E-state index is 12.0. The van der Waals surface area contributed by atoms with Crippen LogP contribution in [0.15, 0.2) is 54.6 Å². The van der Waals surface area contributed by atoms with Crippen LogP contribution in [0.5, 0.6) is 0 Å². The molecule has 2 aromatic rings. The summed E-state index contributed by atoms with van der Waals surface area (Å²) in [6.45, 7) is 2.58. The monoisotopic (exact) mass is 353 g/mol. The highest BCUT2D eigenvalue weighted by atomic mass is 16.5. The van der Waals surface area contributed by atoms with Crippen molar-refractivity contribution in [3.05, 3.63) is 60.2 Å². The van der Waals surface area contributed by atoms with Crippen molar-refractivity contribution in [3.63, 3.8) is 0 Å². The minimum atomic E-state index is -0.175. The highest BCUT2D eigenvalue weighted by Crippen LogP contribution is 2.22. The Labute approximate surface area is 155 Å². The van der Waals surface area contributed by atoms with Crippen LogP contribution in [0.3, 0.4) is 0 Å². The summed E-state index contributed by atoms with van der Waals surface area (Å²) in [5.41, 5.74) is 3.18. The van der Waals surface area contributed by atoms with Gasteiger partial charge in [-0.3, -0.25) is 0 Å². The Kier molecular flexibility index (Phi) is 6.50. The number of hydrogen-bond acceptors (Lipinski definition) is 3. The van der Waals surface area contributed by atoms with Crippen molar-refractivity contribution in [2.45, 2.75) is 25.4 Å². The molecule has 0 spiro atoms. The van der Waals surface area contributed by atoms with Gasteiger partial charge in [0.1, 0.15) is 0 Å². The number of amides is 2. The number of piperidine rings is 1. The Hall–Kier alpha value is -2.53. The summed E-state index contributed by atoms with van der Waals surface area (Å²) in [5, 5.41) is 5.78. The Morgan fingerprint density at radius 2 is 1.92 bits per heavy atom. The third kappa shape index (κ3) is 5.23. The molecule has 1 heterocycles. The van der Waals surface area contributed by atoms with E-state index in [1.807, 2.05) is 30.3 Å². The number of hydrogen-bond donors (Lipinski definition) is 2. The molecule has 138 valence electrons. The van der Waals surface area contributed by atoms with E-state index in [4.69, 9.17) is 4.74 Å². The van der Waals surface area contributed by atoms with Crippen molar-refractivity contribution >= 4 is 17.4 Å². The number of urea groups is 1. The van der Waals surface area contributed by atoms with Crippen molar-refractivity contribution < 1.29 is 9.53 Å². The zero-order chi connectivity index (χ0) is 18.2. The molecule has 1 unspecified atom stereocenters. The van der Waals surface area contributed by atoms with E-state index in [2.05, 4.69) is 39.8 Å². The van der Waals surface area contributed by atoms with Gasteiger partial charge in [0.2, 0.25) is 0 Å². The number of ether oxygens (including phenoxy) is 1. The second kappa shape index (κ2) is 9.25. The number of nitrogens with one attached hydrogen (secondary N) is 2. The van der Waals surface area contributed by atoms with Gasteiger partial charge in [0, 0.05) is 38.1 Å². The molecule has 2 N–H and O–H groups in total. The SMILES string of the molecule is COC1CCCN(c2ccc(NC(=O)NCCc3ccccc3)cc2)C1. The van der Waals surface area contributed by atoms with Crippen molar-refractivity contribution in [1.29, 1.82) is 0 Å². The van der Waals surface area contributed by atoms with Crippen LogP contribution in [0.2, 0.25) is 0 Å². The van der Waals surface area contributed by atoms with Gasteiger partial charge in [-0.15, -0.1) is 0 Å². The first kappa shape index (κ1) is 18.3. The first-order valence-corrected chi connectivity index (χ1v) is 9.21. The van der Waals surface area contributed by atoms with Crippen molar-refractivity contribution in [1.82, 2.24) is 5.32 Å². The van der Waals surface area contributed by atoms with Crippen LogP contribution in [0.1, 0.15) is 18.4 Å². The van der Waals surface area contributed by atoms with Crippen molar-refractivity contribution in [2.24, 2.45) is 0 Å². The molecule has 3 rings (SSSR count). The summed E-state index contributed by atoms with van der Waals surface area (Å²) in [5.74, 6) is 0. The lowest BCUT2D eigenvalue weighted by atomic mass is 10.1. The largest absolute Gasteiger partial charge is 0.380 e. The van der Waals surface area contributed by atoms with Gasteiger partial charge in [-0.25, -0.2) is 4.79 Å². The second-order valence-electron chi connectivity index (χ2n) is 6.61. The molecule has 2 aromatic carbocycles. The minimum absolute atomic E-state index is 0.175. The fourth-order valence-electron chi connectivity index (χ4n) is 3.26. The fourth-order valence-corrected chi connectivity index (χ4v) is 3.26. The standard InChI is InChI=1S/C21H27N3O2/c1-26-20-8-5-15-24(16-20)19-11-9-18(10-12-19)23-21(25)22-14-13-17-6-3-2-4-7-17/h2-4,6-7,9-12,20H,5,8,13-16H2,1H3,(H2,22,23,25). The third-order valence-corrected chi connectivity index (χ3v) is 4.74. The number of anilines is 2. The van der Waals surface area contributed by atoms with Crippen molar-refractivity contribution in [2.75, 3.05) is 37.0 Å². The van der Waals surface area contributed by atoms with E-state index in [-0.39, 0.29) is 6.03 Å². The summed E-state index contributed by atoms with van der Waals surface area (Å²) < 4.78 is 5.48. The normalized spacial score (nSPS) is 17.0. The van der Waals surface area contributed by atoms with Gasteiger partial charge in [0.05, 0.1) is 6.10 Å². The first-order chi connectivity index (χ1) is 12.7. The summed E-state index contributed by atoms with van der Waals surface area (Å²) >= 11 is 0. The summed E-state index contributed by atoms with van der Waals surface area (Å²) in [7, 11) is 1.78. The highest BCUT2D eigenvalue weighted by Gasteiger charge is 2.19. The lowest BCUT2D eigenvalue weighted by molar-refractivity contribution is 0.0893. The van der Waals surface area contributed by atoms with Crippen LogP contribution in [0.4, 0.5) is 16.2 Å². The Morgan fingerprint density at radius 3 is 2.65 bits per heavy atom. The topological polar surface area (TPSA) is 53.6 Å². The molecule has 1 aliphatic rings. The minimum Gasteiger partial charge on any atom is -0.380 e. The van der Waals surface area contributed by atoms with E-state index in [9.17, 15) is 4.79 Å². The smallest absolute Gasteiger partial charge is 0.319 e. The number of rotatable bonds is 6. The number of carbonyl (C=O) groups is 1. The van der Waals surface area contributed by atoms with E-state index >= 15 is 0 Å². The van der Waals surface area contributed by atoms with Crippen molar-refractivity contribution in [3.8, 4) is 0 Å². The van der Waals surface area contributed by atoms with Gasteiger partial charge < -0.3 is 20.3 Å². The number of methoxy groups -OCH3 is 1.